The molecule has 12 rings (SSSR count). The van der Waals surface area contributed by atoms with Gasteiger partial charge in [-0.1, -0.05) is 145 Å². The second-order valence-electron chi connectivity index (χ2n) is 14.3. The van der Waals surface area contributed by atoms with Crippen molar-refractivity contribution in [1.82, 2.24) is 9.13 Å². The highest BCUT2D eigenvalue weighted by Crippen LogP contribution is 2.43. The molecule has 3 aromatic heterocycles. The average Bonchev–Trinajstić information content (AvgIpc) is 4.01. The van der Waals surface area contributed by atoms with Crippen LogP contribution in [-0.4, -0.2) is 9.13 Å². The van der Waals surface area contributed by atoms with Crippen LogP contribution in [0.4, 0.5) is 0 Å². The third kappa shape index (κ3) is 4.96. The molecular formula is C54H34N2S. The molecule has 9 aromatic carbocycles. The number of hydrogen-bond donors (Lipinski definition) is 0. The predicted molar refractivity (Wildman–Crippen MR) is 244 cm³/mol. The first-order valence-corrected chi connectivity index (χ1v) is 19.8. The lowest BCUT2D eigenvalue weighted by molar-refractivity contribution is 1.18. The van der Waals surface area contributed by atoms with Crippen LogP contribution in [0.3, 0.4) is 0 Å². The minimum absolute atomic E-state index is 0.0747. The number of nitrogens with zero attached hydrogens (tertiary/aromatic N) is 2. The molecule has 0 bridgehead atoms. The van der Waals surface area contributed by atoms with Gasteiger partial charge in [0, 0.05) is 58.5 Å². The highest BCUT2D eigenvalue weighted by Gasteiger charge is 2.20. The Morgan fingerprint density at radius 1 is 0.386 bits per heavy atom. The van der Waals surface area contributed by atoms with Crippen molar-refractivity contribution in [2.75, 3.05) is 0 Å². The summed E-state index contributed by atoms with van der Waals surface area (Å²) in [5, 5.41) is 4.27. The van der Waals surface area contributed by atoms with E-state index < -0.39 is 12.1 Å². The van der Waals surface area contributed by atoms with Crippen LogP contribution in [0.15, 0.2) is 206 Å². The van der Waals surface area contributed by atoms with Gasteiger partial charge in [0.25, 0.3) is 0 Å². The van der Waals surface area contributed by atoms with Crippen molar-refractivity contribution in [3.05, 3.63) is 206 Å². The minimum Gasteiger partial charge on any atom is -0.309 e. The SMILES string of the molecule is [2H]c1c([2H])c([2H])c2c(c1[2H])c1c([2H])c(-c3ccc4c(c3)c3cccc(-c5ccccc5)c3n4-c3ccccc3-c3ccccc3)c([2H])c([2H])c1n2-c1ccc2sc3ccccc3c2c1. The molecule has 3 heteroatoms. The molecule has 0 unspecified atom stereocenters. The fourth-order valence-electron chi connectivity index (χ4n) is 8.63. The third-order valence-electron chi connectivity index (χ3n) is 11.2. The summed E-state index contributed by atoms with van der Waals surface area (Å²) in [5.74, 6) is 0. The van der Waals surface area contributed by atoms with E-state index in [0.29, 0.717) is 11.3 Å². The summed E-state index contributed by atoms with van der Waals surface area (Å²) in [6, 6.07) is 53.5. The summed E-state index contributed by atoms with van der Waals surface area (Å²) < 4.78 is 71.5. The molecule has 0 saturated heterocycles. The Kier molecular flexibility index (Phi) is 5.74. The summed E-state index contributed by atoms with van der Waals surface area (Å²) in [4.78, 5) is 0. The molecule has 0 amide bonds. The molecule has 0 aliphatic carbocycles. The van der Waals surface area contributed by atoms with Crippen LogP contribution in [0.2, 0.25) is 0 Å². The zero-order valence-electron chi connectivity index (χ0n) is 37.4. The second kappa shape index (κ2) is 12.7. The minimum atomic E-state index is -0.419. The summed E-state index contributed by atoms with van der Waals surface area (Å²) in [5.41, 5.74) is 8.91. The number of aromatic nitrogens is 2. The van der Waals surface area contributed by atoms with Crippen molar-refractivity contribution in [1.29, 1.82) is 0 Å². The Morgan fingerprint density at radius 2 is 1.09 bits per heavy atom. The fraction of sp³-hybridized carbons (Fsp3) is 0. The van der Waals surface area contributed by atoms with Crippen molar-refractivity contribution in [2.24, 2.45) is 0 Å². The van der Waals surface area contributed by atoms with E-state index in [-0.39, 0.29) is 57.6 Å². The first kappa shape index (κ1) is 25.8. The topological polar surface area (TPSA) is 9.86 Å². The number of benzene rings is 9. The standard InChI is InChI=1S/C54H34N2S/c1-3-14-35(15-4-1)40-18-7-10-23-48(40)56-51-30-27-38(33-46(51)44-22-13-21-41(54(44)56)36-16-5-2-6-17-36)37-26-29-50-45(32-37)42-19-8-11-24-49(42)55(50)39-28-31-53-47(34-39)43-20-9-12-25-52(43)57-53/h1-34H/i8D,11D,19D,24D,26D,29D,32D. The summed E-state index contributed by atoms with van der Waals surface area (Å²) in [7, 11) is 0. The highest BCUT2D eigenvalue weighted by atomic mass is 32.1. The van der Waals surface area contributed by atoms with E-state index in [1.165, 1.54) is 0 Å². The molecule has 0 aliphatic heterocycles. The monoisotopic (exact) mass is 749 g/mol. The van der Waals surface area contributed by atoms with E-state index in [4.69, 9.17) is 2.74 Å². The number of rotatable bonds is 5. The molecule has 0 atom stereocenters. The normalized spacial score (nSPS) is 13.6. The smallest absolute Gasteiger partial charge is 0.0645 e. The van der Waals surface area contributed by atoms with Gasteiger partial charge in [0.2, 0.25) is 0 Å². The van der Waals surface area contributed by atoms with Crippen LogP contribution in [0.1, 0.15) is 9.60 Å². The van der Waals surface area contributed by atoms with Crippen molar-refractivity contribution in [3.63, 3.8) is 0 Å². The number of para-hydroxylation sites is 3. The van der Waals surface area contributed by atoms with Gasteiger partial charge in [-0.05, 0) is 82.8 Å². The van der Waals surface area contributed by atoms with Crippen LogP contribution in [0, 0.1) is 0 Å². The van der Waals surface area contributed by atoms with Crippen LogP contribution in [-0.2, 0) is 0 Å². The maximum Gasteiger partial charge on any atom is 0.0645 e. The lowest BCUT2D eigenvalue weighted by atomic mass is 9.99. The molecule has 0 saturated carbocycles. The highest BCUT2D eigenvalue weighted by molar-refractivity contribution is 7.25. The average molecular weight is 750 g/mol. The molecule has 266 valence electrons. The van der Waals surface area contributed by atoms with Crippen molar-refractivity contribution < 1.29 is 9.60 Å². The second-order valence-corrected chi connectivity index (χ2v) is 15.4. The largest absolute Gasteiger partial charge is 0.309 e. The van der Waals surface area contributed by atoms with Crippen molar-refractivity contribution in [2.45, 2.75) is 0 Å². The van der Waals surface area contributed by atoms with E-state index in [0.717, 1.165) is 69.9 Å². The van der Waals surface area contributed by atoms with Crippen molar-refractivity contribution in [3.8, 4) is 44.8 Å². The van der Waals surface area contributed by atoms with Gasteiger partial charge in [-0.15, -0.1) is 11.3 Å². The number of thiophene rings is 1. The summed E-state index contributed by atoms with van der Waals surface area (Å²) >= 11 is 1.66. The lowest BCUT2D eigenvalue weighted by Crippen LogP contribution is -1.98. The van der Waals surface area contributed by atoms with Gasteiger partial charge in [0.05, 0.1) is 37.3 Å². The van der Waals surface area contributed by atoms with Crippen LogP contribution in [0.25, 0.3) is 109 Å². The quantitative estimate of drug-likeness (QED) is 0.166. The Morgan fingerprint density at radius 3 is 1.96 bits per heavy atom. The van der Waals surface area contributed by atoms with Gasteiger partial charge in [-0.2, -0.15) is 0 Å². The molecule has 12 aromatic rings. The lowest BCUT2D eigenvalue weighted by Gasteiger charge is -2.16. The van der Waals surface area contributed by atoms with Gasteiger partial charge < -0.3 is 9.13 Å². The van der Waals surface area contributed by atoms with Gasteiger partial charge in [-0.3, -0.25) is 0 Å². The number of hydrogen-bond acceptors (Lipinski definition) is 1. The Labute approximate surface area is 343 Å². The van der Waals surface area contributed by atoms with Gasteiger partial charge in [0.15, 0.2) is 0 Å². The zero-order chi connectivity index (χ0) is 43.5. The predicted octanol–water partition coefficient (Wildman–Crippen LogP) is 15.2. The molecular weight excluding hydrogens is 709 g/mol. The van der Waals surface area contributed by atoms with Crippen molar-refractivity contribution >= 4 is 75.1 Å². The zero-order valence-corrected chi connectivity index (χ0v) is 31.2. The first-order valence-electron chi connectivity index (χ1n) is 22.4. The van der Waals surface area contributed by atoms with E-state index in [1.807, 2.05) is 84.9 Å². The third-order valence-corrected chi connectivity index (χ3v) is 12.3. The van der Waals surface area contributed by atoms with Crippen LogP contribution in [0.5, 0.6) is 0 Å². The van der Waals surface area contributed by atoms with E-state index >= 15 is 0 Å². The molecule has 0 spiro atoms. The molecule has 0 radical (unpaired) electrons. The summed E-state index contributed by atoms with van der Waals surface area (Å²) in [6.45, 7) is 0. The molecule has 0 fully saturated rings. The fourth-order valence-corrected chi connectivity index (χ4v) is 9.71. The van der Waals surface area contributed by atoms with E-state index in [2.05, 4.69) is 83.4 Å². The van der Waals surface area contributed by atoms with Gasteiger partial charge >= 0.3 is 0 Å². The van der Waals surface area contributed by atoms with Gasteiger partial charge in [-0.25, -0.2) is 0 Å². The molecule has 0 N–H and O–H groups in total. The van der Waals surface area contributed by atoms with Crippen LogP contribution >= 0.6 is 11.3 Å². The maximum absolute atomic E-state index is 9.99. The first-order chi connectivity index (χ1) is 31.2. The molecule has 2 nitrogen and oxygen atoms in total. The Balaban J connectivity index is 1.16. The molecule has 0 aliphatic rings. The Bertz CT molecular complexity index is 3930. The Hall–Kier alpha value is -7.20. The summed E-state index contributed by atoms with van der Waals surface area (Å²) in [6.07, 6.45) is 0. The van der Waals surface area contributed by atoms with Crippen LogP contribution < -0.4 is 0 Å². The molecule has 3 heterocycles. The molecule has 57 heavy (non-hydrogen) atoms. The van der Waals surface area contributed by atoms with E-state index in [9.17, 15) is 6.85 Å². The van der Waals surface area contributed by atoms with Gasteiger partial charge in [0.1, 0.15) is 0 Å². The van der Waals surface area contributed by atoms with E-state index in [1.54, 1.807) is 15.9 Å². The maximum atomic E-state index is 9.99. The number of fused-ring (bicyclic) bond motifs is 9.